The number of likely N-dealkylation sites (N-methyl/N-ethyl adjacent to an activating group) is 1. The molecule has 2 amide bonds. The van der Waals surface area contributed by atoms with Gasteiger partial charge in [0.2, 0.25) is 5.91 Å². The van der Waals surface area contributed by atoms with Crippen LogP contribution in [0.4, 0.5) is 5.82 Å². The number of hydrazine groups is 1. The molecule has 1 saturated heterocycles. The number of anilines is 1. The van der Waals surface area contributed by atoms with E-state index in [0.717, 1.165) is 12.8 Å². The maximum Gasteiger partial charge on any atom is 0.253 e. The highest BCUT2D eigenvalue weighted by Crippen LogP contribution is 2.32. The van der Waals surface area contributed by atoms with E-state index in [2.05, 4.69) is 62.9 Å². The van der Waals surface area contributed by atoms with Crippen LogP contribution in [0.1, 0.15) is 45.1 Å². The van der Waals surface area contributed by atoms with Gasteiger partial charge in [-0.2, -0.15) is 0 Å². The van der Waals surface area contributed by atoms with Crippen molar-refractivity contribution < 1.29 is 9.59 Å². The van der Waals surface area contributed by atoms with Gasteiger partial charge in [-0.15, -0.1) is 0 Å². The van der Waals surface area contributed by atoms with Crippen molar-refractivity contribution in [2.45, 2.75) is 31.3 Å². The molecular formula is C27H27ClN6O2S. The van der Waals surface area contributed by atoms with Gasteiger partial charge in [-0.05, 0) is 59.8 Å². The summed E-state index contributed by atoms with van der Waals surface area (Å²) in [6.45, 7) is 0.614. The first-order chi connectivity index (χ1) is 17.9. The molecule has 10 heteroatoms. The average molecular weight is 535 g/mol. The molecule has 0 saturated carbocycles. The lowest BCUT2D eigenvalue weighted by Gasteiger charge is -2.24. The zero-order valence-corrected chi connectivity index (χ0v) is 21.8. The molecule has 1 atom stereocenters. The molecule has 8 nitrogen and oxygen atoms in total. The number of carbonyl (C=O) groups is 2. The van der Waals surface area contributed by atoms with Gasteiger partial charge in [0.25, 0.3) is 5.91 Å². The van der Waals surface area contributed by atoms with Crippen molar-refractivity contribution in [3.8, 4) is 0 Å². The number of nitrogens with one attached hydrogen (secondary N) is 4. The Bertz CT molecular complexity index is 1320. The molecule has 2 heterocycles. The number of amides is 2. The Morgan fingerprint density at radius 3 is 2.30 bits per heavy atom. The molecule has 37 heavy (non-hydrogen) atoms. The highest BCUT2D eigenvalue weighted by atomic mass is 35.5. The molecule has 1 fully saturated rings. The van der Waals surface area contributed by atoms with Crippen molar-refractivity contribution in [3.63, 3.8) is 0 Å². The second-order valence-corrected chi connectivity index (χ2v) is 10.00. The van der Waals surface area contributed by atoms with Crippen molar-refractivity contribution in [1.29, 1.82) is 0 Å². The zero-order chi connectivity index (χ0) is 25.9. The minimum Gasteiger partial charge on any atom is -0.350 e. The molecule has 2 aliphatic rings. The van der Waals surface area contributed by atoms with E-state index >= 15 is 0 Å². The number of likely N-dealkylation sites (tertiary alicyclic amines) is 1. The molecule has 1 aliphatic heterocycles. The smallest absolute Gasteiger partial charge is 0.253 e. The standard InChI is InChI=1S/C27H27ClN6O2S/c1-34-13-12-22(26(34)36)30-25(35)18-14-21(28)24(29-15-18)32-33-27(37)31-23-19-8-4-2-6-16(19)10-11-17-7-3-5-9-20(17)23/h2-9,14-15,22-23H,10-13H2,1H3,(H,29,32)(H,30,35)(H2,31,33,37). The van der Waals surface area contributed by atoms with Crippen molar-refractivity contribution in [1.82, 2.24) is 25.9 Å². The number of thiocarbonyl (C=S) groups is 1. The Morgan fingerprint density at radius 1 is 1.05 bits per heavy atom. The Hall–Kier alpha value is -3.69. The molecule has 4 N–H and O–H groups in total. The topological polar surface area (TPSA) is 98.4 Å². The quantitative estimate of drug-likeness (QED) is 0.294. The summed E-state index contributed by atoms with van der Waals surface area (Å²) in [6, 6.07) is 17.6. The van der Waals surface area contributed by atoms with Gasteiger partial charge in [0.15, 0.2) is 10.9 Å². The van der Waals surface area contributed by atoms with Gasteiger partial charge >= 0.3 is 0 Å². The number of pyridine rings is 1. The summed E-state index contributed by atoms with van der Waals surface area (Å²) in [6.07, 6.45) is 3.92. The molecule has 3 aromatic rings. The summed E-state index contributed by atoms with van der Waals surface area (Å²) in [5.41, 5.74) is 11.1. The van der Waals surface area contributed by atoms with Crippen LogP contribution in [0.5, 0.6) is 0 Å². The van der Waals surface area contributed by atoms with Crippen LogP contribution in [-0.2, 0) is 17.6 Å². The number of aromatic nitrogens is 1. The maximum atomic E-state index is 12.6. The molecule has 1 unspecified atom stereocenters. The molecule has 5 rings (SSSR count). The Balaban J connectivity index is 1.24. The molecule has 190 valence electrons. The summed E-state index contributed by atoms with van der Waals surface area (Å²) >= 11 is 12.0. The number of carbonyl (C=O) groups excluding carboxylic acids is 2. The van der Waals surface area contributed by atoms with Crippen molar-refractivity contribution in [2.24, 2.45) is 0 Å². The Labute approximate surface area is 225 Å². The lowest BCUT2D eigenvalue weighted by Crippen LogP contribution is -2.41. The molecule has 1 aromatic heterocycles. The summed E-state index contributed by atoms with van der Waals surface area (Å²) in [5, 5.41) is 6.78. The molecular weight excluding hydrogens is 508 g/mol. The van der Waals surface area contributed by atoms with Gasteiger partial charge < -0.3 is 15.5 Å². The van der Waals surface area contributed by atoms with Crippen LogP contribution < -0.4 is 21.5 Å². The van der Waals surface area contributed by atoms with E-state index < -0.39 is 11.9 Å². The number of hydrogen-bond donors (Lipinski definition) is 4. The SMILES string of the molecule is CN1CCC(NC(=O)c2cnc(NNC(=S)NC3c4ccccc4CCc4ccccc43)c(Cl)c2)C1=O. The summed E-state index contributed by atoms with van der Waals surface area (Å²) in [7, 11) is 1.72. The van der Waals surface area contributed by atoms with E-state index in [1.165, 1.54) is 34.5 Å². The van der Waals surface area contributed by atoms with Gasteiger partial charge in [0.1, 0.15) is 6.04 Å². The van der Waals surface area contributed by atoms with Crippen molar-refractivity contribution >= 4 is 46.6 Å². The largest absolute Gasteiger partial charge is 0.350 e. The highest BCUT2D eigenvalue weighted by molar-refractivity contribution is 7.80. The first-order valence-electron chi connectivity index (χ1n) is 12.1. The monoisotopic (exact) mass is 534 g/mol. The van der Waals surface area contributed by atoms with E-state index in [9.17, 15) is 9.59 Å². The van der Waals surface area contributed by atoms with E-state index in [1.807, 2.05) is 12.1 Å². The average Bonchev–Trinajstić information content (AvgIpc) is 3.13. The minimum atomic E-state index is -0.529. The number of hydrogen-bond acceptors (Lipinski definition) is 5. The molecule has 0 bridgehead atoms. The van der Waals surface area contributed by atoms with E-state index in [0.29, 0.717) is 23.9 Å². The highest BCUT2D eigenvalue weighted by Gasteiger charge is 2.30. The van der Waals surface area contributed by atoms with Crippen LogP contribution in [0, 0.1) is 0 Å². The predicted octanol–water partition coefficient (Wildman–Crippen LogP) is 3.37. The first kappa shape index (κ1) is 25.0. The van der Waals surface area contributed by atoms with E-state index in [4.69, 9.17) is 23.8 Å². The fourth-order valence-corrected chi connectivity index (χ4v) is 5.20. The van der Waals surface area contributed by atoms with Gasteiger partial charge in [-0.1, -0.05) is 60.1 Å². The van der Waals surface area contributed by atoms with Gasteiger partial charge in [-0.3, -0.25) is 20.4 Å². The van der Waals surface area contributed by atoms with Gasteiger partial charge in [0, 0.05) is 19.8 Å². The van der Waals surface area contributed by atoms with Crippen molar-refractivity contribution in [3.05, 3.63) is 93.6 Å². The normalized spacial score (nSPS) is 16.9. The Morgan fingerprint density at radius 2 is 1.70 bits per heavy atom. The second-order valence-electron chi connectivity index (χ2n) is 9.18. The predicted molar refractivity (Wildman–Crippen MR) is 147 cm³/mol. The molecule has 1 aliphatic carbocycles. The maximum absolute atomic E-state index is 12.6. The van der Waals surface area contributed by atoms with Crippen LogP contribution in [0.25, 0.3) is 0 Å². The summed E-state index contributed by atoms with van der Waals surface area (Å²) in [4.78, 5) is 30.5. The van der Waals surface area contributed by atoms with Gasteiger partial charge in [-0.25, -0.2) is 4.98 Å². The van der Waals surface area contributed by atoms with E-state index in [1.54, 1.807) is 11.9 Å². The first-order valence-corrected chi connectivity index (χ1v) is 12.9. The number of halogens is 1. The fraction of sp³-hybridized carbons (Fsp3) is 0.259. The molecule has 0 spiro atoms. The van der Waals surface area contributed by atoms with Crippen LogP contribution in [0.3, 0.4) is 0 Å². The molecule has 0 radical (unpaired) electrons. The van der Waals surface area contributed by atoms with Crippen LogP contribution in [0.2, 0.25) is 5.02 Å². The fourth-order valence-electron chi connectivity index (χ4n) is 4.81. The van der Waals surface area contributed by atoms with Crippen LogP contribution >= 0.6 is 23.8 Å². The number of aryl methyl sites for hydroxylation is 2. The number of rotatable bonds is 5. The lowest BCUT2D eigenvalue weighted by molar-refractivity contribution is -0.128. The number of nitrogens with zero attached hydrogens (tertiary/aromatic N) is 2. The third-order valence-electron chi connectivity index (χ3n) is 6.80. The summed E-state index contributed by atoms with van der Waals surface area (Å²) in [5.74, 6) is -0.180. The minimum absolute atomic E-state index is 0.102. The Kier molecular flexibility index (Phi) is 7.25. The third kappa shape index (κ3) is 5.38. The van der Waals surface area contributed by atoms with E-state index in [-0.39, 0.29) is 22.5 Å². The number of benzene rings is 2. The number of fused-ring (bicyclic) bond motifs is 2. The van der Waals surface area contributed by atoms with Crippen LogP contribution in [0.15, 0.2) is 60.8 Å². The van der Waals surface area contributed by atoms with Gasteiger partial charge in [0.05, 0.1) is 16.6 Å². The van der Waals surface area contributed by atoms with Crippen LogP contribution in [-0.4, -0.2) is 46.4 Å². The van der Waals surface area contributed by atoms with Crippen molar-refractivity contribution in [2.75, 3.05) is 19.0 Å². The molecule has 2 aromatic carbocycles. The lowest BCUT2D eigenvalue weighted by atomic mass is 9.95. The second kappa shape index (κ2) is 10.7. The zero-order valence-electron chi connectivity index (χ0n) is 20.3. The third-order valence-corrected chi connectivity index (χ3v) is 7.31. The summed E-state index contributed by atoms with van der Waals surface area (Å²) < 4.78 is 0.